The van der Waals surface area contributed by atoms with Gasteiger partial charge in [0.05, 0.1) is 16.1 Å². The minimum Gasteiger partial charge on any atom is -0.355 e. The SMILES string of the molecule is Cc1nc(CN2CCC(CNC(=O)C3(c4cccc(Cl)c4)CCC3)CC2)cs1. The standard InChI is InChI=1S/C22H28ClN3OS/c1-16-25-20(15-28-16)14-26-10-6-17(7-11-26)13-24-21(27)22(8-3-9-22)18-4-2-5-19(23)12-18/h2,4-5,12,15,17H,3,6-11,13-14H2,1H3,(H,24,27). The molecule has 0 bridgehead atoms. The fourth-order valence-corrected chi connectivity index (χ4v) is 5.22. The molecular weight excluding hydrogens is 390 g/mol. The number of nitrogens with zero attached hydrogens (tertiary/aromatic N) is 2. The number of thiazole rings is 1. The highest BCUT2D eigenvalue weighted by molar-refractivity contribution is 7.09. The molecule has 1 aromatic carbocycles. The van der Waals surface area contributed by atoms with Crippen molar-refractivity contribution in [1.82, 2.24) is 15.2 Å². The van der Waals surface area contributed by atoms with E-state index in [1.54, 1.807) is 11.3 Å². The minimum atomic E-state index is -0.367. The highest BCUT2D eigenvalue weighted by Crippen LogP contribution is 2.44. The maximum absolute atomic E-state index is 13.0. The normalized spacial score (nSPS) is 19.9. The van der Waals surface area contributed by atoms with E-state index in [1.807, 2.05) is 24.3 Å². The van der Waals surface area contributed by atoms with Gasteiger partial charge in [0.15, 0.2) is 0 Å². The summed E-state index contributed by atoms with van der Waals surface area (Å²) in [6.07, 6.45) is 5.21. The first kappa shape index (κ1) is 19.9. The second-order valence-corrected chi connectivity index (χ2v) is 9.73. The number of nitrogens with one attached hydrogen (secondary N) is 1. The molecule has 1 aliphatic heterocycles. The van der Waals surface area contributed by atoms with Crippen molar-refractivity contribution < 1.29 is 4.79 Å². The molecule has 150 valence electrons. The van der Waals surface area contributed by atoms with Gasteiger partial charge in [-0.25, -0.2) is 4.98 Å². The average molecular weight is 418 g/mol. The van der Waals surface area contributed by atoms with Crippen LogP contribution in [0.4, 0.5) is 0 Å². The van der Waals surface area contributed by atoms with Crippen LogP contribution in [-0.2, 0) is 16.8 Å². The molecule has 2 heterocycles. The summed E-state index contributed by atoms with van der Waals surface area (Å²) in [7, 11) is 0. The predicted octanol–water partition coefficient (Wildman–Crippen LogP) is 4.56. The van der Waals surface area contributed by atoms with Gasteiger partial charge in [-0.05, 0) is 69.3 Å². The lowest BCUT2D eigenvalue weighted by atomic mass is 9.63. The van der Waals surface area contributed by atoms with Gasteiger partial charge in [-0.2, -0.15) is 0 Å². The van der Waals surface area contributed by atoms with E-state index in [1.165, 1.54) is 5.69 Å². The monoisotopic (exact) mass is 417 g/mol. The van der Waals surface area contributed by atoms with E-state index in [0.717, 1.165) is 68.9 Å². The molecule has 4 nitrogen and oxygen atoms in total. The van der Waals surface area contributed by atoms with Gasteiger partial charge in [-0.1, -0.05) is 30.2 Å². The molecule has 0 spiro atoms. The second-order valence-electron chi connectivity index (χ2n) is 8.23. The number of likely N-dealkylation sites (tertiary alicyclic amines) is 1. The number of benzene rings is 1. The molecule has 28 heavy (non-hydrogen) atoms. The number of hydrogen-bond donors (Lipinski definition) is 1. The lowest BCUT2D eigenvalue weighted by Crippen LogP contribution is -2.50. The van der Waals surface area contributed by atoms with Crippen LogP contribution in [0.1, 0.15) is 48.4 Å². The summed E-state index contributed by atoms with van der Waals surface area (Å²) in [6, 6.07) is 7.82. The van der Waals surface area contributed by atoms with Crippen LogP contribution in [0.25, 0.3) is 0 Å². The number of aromatic nitrogens is 1. The first-order valence-electron chi connectivity index (χ1n) is 10.2. The Balaban J connectivity index is 1.27. The lowest BCUT2D eigenvalue weighted by molar-refractivity contribution is -0.130. The van der Waals surface area contributed by atoms with Crippen molar-refractivity contribution in [3.05, 3.63) is 50.9 Å². The van der Waals surface area contributed by atoms with Crippen LogP contribution in [0, 0.1) is 12.8 Å². The maximum atomic E-state index is 13.0. The van der Waals surface area contributed by atoms with Crippen molar-refractivity contribution >= 4 is 28.8 Å². The number of hydrogen-bond acceptors (Lipinski definition) is 4. The Bertz CT molecular complexity index is 825. The Morgan fingerprint density at radius 1 is 1.36 bits per heavy atom. The summed E-state index contributed by atoms with van der Waals surface area (Å²) < 4.78 is 0. The fraction of sp³-hybridized carbons (Fsp3) is 0.545. The van der Waals surface area contributed by atoms with Crippen LogP contribution in [0.2, 0.25) is 5.02 Å². The third-order valence-corrected chi connectivity index (χ3v) is 7.39. The van der Waals surface area contributed by atoms with E-state index in [4.69, 9.17) is 11.6 Å². The van der Waals surface area contributed by atoms with Crippen molar-refractivity contribution in [2.24, 2.45) is 5.92 Å². The van der Waals surface area contributed by atoms with E-state index in [2.05, 4.69) is 27.5 Å². The number of piperidine rings is 1. The molecule has 2 aromatic rings. The van der Waals surface area contributed by atoms with Crippen LogP contribution in [0.15, 0.2) is 29.6 Å². The van der Waals surface area contributed by atoms with Crippen LogP contribution in [0.3, 0.4) is 0 Å². The molecule has 1 N–H and O–H groups in total. The highest BCUT2D eigenvalue weighted by Gasteiger charge is 2.45. The third-order valence-electron chi connectivity index (χ3n) is 6.33. The average Bonchev–Trinajstić information content (AvgIpc) is 3.05. The number of aryl methyl sites for hydroxylation is 1. The molecule has 4 rings (SSSR count). The van der Waals surface area contributed by atoms with Crippen molar-refractivity contribution in [2.45, 2.75) is 51.0 Å². The summed E-state index contributed by atoms with van der Waals surface area (Å²) in [4.78, 5) is 20.1. The van der Waals surface area contributed by atoms with Crippen LogP contribution < -0.4 is 5.32 Å². The van der Waals surface area contributed by atoms with Crippen molar-refractivity contribution in [3.8, 4) is 0 Å². The first-order valence-corrected chi connectivity index (χ1v) is 11.5. The topological polar surface area (TPSA) is 45.2 Å². The Morgan fingerprint density at radius 2 is 2.14 bits per heavy atom. The first-order chi connectivity index (χ1) is 13.5. The predicted molar refractivity (Wildman–Crippen MR) is 115 cm³/mol. The Kier molecular flexibility index (Phi) is 6.04. The molecule has 2 fully saturated rings. The Morgan fingerprint density at radius 3 is 2.75 bits per heavy atom. The van der Waals surface area contributed by atoms with E-state index < -0.39 is 0 Å². The summed E-state index contributed by atoms with van der Waals surface area (Å²) in [5.74, 6) is 0.746. The zero-order chi connectivity index (χ0) is 19.6. The van der Waals surface area contributed by atoms with Gasteiger partial charge >= 0.3 is 0 Å². The molecule has 1 saturated carbocycles. The number of carbonyl (C=O) groups excluding carboxylic acids is 1. The highest BCUT2D eigenvalue weighted by atomic mass is 35.5. The molecule has 1 aromatic heterocycles. The Hall–Kier alpha value is -1.43. The second kappa shape index (κ2) is 8.52. The number of rotatable bonds is 6. The molecule has 1 aliphatic carbocycles. The van der Waals surface area contributed by atoms with Crippen molar-refractivity contribution in [1.29, 1.82) is 0 Å². The van der Waals surface area contributed by atoms with E-state index in [-0.39, 0.29) is 11.3 Å². The van der Waals surface area contributed by atoms with Gasteiger partial charge in [0.1, 0.15) is 0 Å². The summed E-state index contributed by atoms with van der Waals surface area (Å²) in [6.45, 7) is 5.94. The van der Waals surface area contributed by atoms with E-state index >= 15 is 0 Å². The van der Waals surface area contributed by atoms with Gasteiger partial charge in [0.25, 0.3) is 0 Å². The van der Waals surface area contributed by atoms with Gasteiger partial charge in [0, 0.05) is 23.5 Å². The largest absolute Gasteiger partial charge is 0.355 e. The molecule has 1 saturated heterocycles. The van der Waals surface area contributed by atoms with Gasteiger partial charge in [-0.15, -0.1) is 11.3 Å². The zero-order valence-corrected chi connectivity index (χ0v) is 18.0. The van der Waals surface area contributed by atoms with Gasteiger partial charge in [0.2, 0.25) is 5.91 Å². The molecule has 0 unspecified atom stereocenters. The van der Waals surface area contributed by atoms with E-state index in [0.29, 0.717) is 10.9 Å². The lowest BCUT2D eigenvalue weighted by Gasteiger charge is -2.41. The fourth-order valence-electron chi connectivity index (χ4n) is 4.43. The Labute approximate surface area is 176 Å². The molecule has 0 atom stereocenters. The quantitative estimate of drug-likeness (QED) is 0.749. The number of amides is 1. The number of halogens is 1. The molecule has 0 radical (unpaired) electrons. The smallest absolute Gasteiger partial charge is 0.230 e. The maximum Gasteiger partial charge on any atom is 0.230 e. The van der Waals surface area contributed by atoms with Gasteiger partial charge < -0.3 is 5.32 Å². The van der Waals surface area contributed by atoms with E-state index in [9.17, 15) is 4.79 Å². The third kappa shape index (κ3) is 4.27. The summed E-state index contributed by atoms with van der Waals surface area (Å²) >= 11 is 7.89. The van der Waals surface area contributed by atoms with Crippen molar-refractivity contribution in [2.75, 3.05) is 19.6 Å². The zero-order valence-electron chi connectivity index (χ0n) is 16.4. The van der Waals surface area contributed by atoms with Crippen molar-refractivity contribution in [3.63, 3.8) is 0 Å². The van der Waals surface area contributed by atoms with Crippen LogP contribution in [0.5, 0.6) is 0 Å². The molecule has 6 heteroatoms. The summed E-state index contributed by atoms with van der Waals surface area (Å²) in [5, 5.41) is 7.28. The van der Waals surface area contributed by atoms with Crippen LogP contribution in [-0.4, -0.2) is 35.4 Å². The van der Waals surface area contributed by atoms with Crippen LogP contribution >= 0.6 is 22.9 Å². The summed E-state index contributed by atoms with van der Waals surface area (Å²) in [5.41, 5.74) is 1.88. The minimum absolute atomic E-state index is 0.182. The molecular formula is C22H28ClN3OS. The molecule has 2 aliphatic rings. The molecule has 1 amide bonds. The van der Waals surface area contributed by atoms with Gasteiger partial charge in [-0.3, -0.25) is 9.69 Å². The number of carbonyl (C=O) groups is 1.